The predicted molar refractivity (Wildman–Crippen MR) is 117 cm³/mol. The van der Waals surface area contributed by atoms with Crippen molar-refractivity contribution in [2.24, 2.45) is 5.41 Å². The summed E-state index contributed by atoms with van der Waals surface area (Å²) >= 11 is 0. The molecule has 32 heavy (non-hydrogen) atoms. The van der Waals surface area contributed by atoms with Crippen molar-refractivity contribution in [3.05, 3.63) is 59.9 Å². The van der Waals surface area contributed by atoms with E-state index in [1.807, 2.05) is 24.3 Å². The number of aromatic hydroxyl groups is 1. The number of hydrogen-bond acceptors (Lipinski definition) is 7. The zero-order valence-electron chi connectivity index (χ0n) is 18.0. The molecular formula is C24H23N3O5. The number of nitriles is 1. The molecule has 0 fully saturated rings. The van der Waals surface area contributed by atoms with E-state index in [2.05, 4.69) is 10.3 Å². The maximum atomic E-state index is 12.6. The molecule has 0 aliphatic carbocycles. The Morgan fingerprint density at radius 2 is 1.84 bits per heavy atom. The van der Waals surface area contributed by atoms with Gasteiger partial charge in [0.15, 0.2) is 11.4 Å². The lowest BCUT2D eigenvalue weighted by atomic mass is 9.89. The van der Waals surface area contributed by atoms with Crippen LogP contribution in [0.1, 0.15) is 36.5 Å². The van der Waals surface area contributed by atoms with E-state index >= 15 is 0 Å². The number of fused-ring (bicyclic) bond motifs is 1. The van der Waals surface area contributed by atoms with Gasteiger partial charge in [0, 0.05) is 17.3 Å². The van der Waals surface area contributed by atoms with Gasteiger partial charge in [0.25, 0.3) is 5.91 Å². The van der Waals surface area contributed by atoms with Crippen molar-refractivity contribution in [3.63, 3.8) is 0 Å². The Morgan fingerprint density at radius 3 is 2.50 bits per heavy atom. The topological polar surface area (TPSA) is 122 Å². The second-order valence-electron chi connectivity index (χ2n) is 7.77. The highest BCUT2D eigenvalue weighted by molar-refractivity contribution is 6.03. The highest BCUT2D eigenvalue weighted by Gasteiger charge is 2.28. The summed E-state index contributed by atoms with van der Waals surface area (Å²) in [5, 5.41) is 23.5. The van der Waals surface area contributed by atoms with Crippen LogP contribution in [0.4, 0.5) is 0 Å². The smallest absolute Gasteiger partial charge is 0.311 e. The molecule has 0 spiro atoms. The molecular weight excluding hydrogens is 410 g/mol. The van der Waals surface area contributed by atoms with Crippen LogP contribution in [0.25, 0.3) is 10.8 Å². The molecule has 8 nitrogen and oxygen atoms in total. The number of esters is 1. The van der Waals surface area contributed by atoms with Crippen molar-refractivity contribution in [2.75, 3.05) is 13.7 Å². The van der Waals surface area contributed by atoms with Crippen molar-refractivity contribution in [1.82, 2.24) is 10.3 Å². The molecule has 8 heteroatoms. The first-order valence-electron chi connectivity index (χ1n) is 9.93. The number of ether oxygens (including phenoxy) is 2. The quantitative estimate of drug-likeness (QED) is 0.542. The summed E-state index contributed by atoms with van der Waals surface area (Å²) in [6, 6.07) is 15.9. The maximum Gasteiger partial charge on any atom is 0.311 e. The summed E-state index contributed by atoms with van der Waals surface area (Å²) in [6.45, 7) is 3.57. The molecule has 0 radical (unpaired) electrons. The van der Waals surface area contributed by atoms with Crippen LogP contribution >= 0.6 is 0 Å². The third-order valence-electron chi connectivity index (χ3n) is 5.02. The summed E-state index contributed by atoms with van der Waals surface area (Å²) in [5.41, 5.74) is -1.06. The largest absolute Gasteiger partial charge is 0.505 e. The summed E-state index contributed by atoms with van der Waals surface area (Å²) in [6.07, 6.45) is 0.324. The Morgan fingerprint density at radius 1 is 1.12 bits per heavy atom. The number of methoxy groups -OCH3 is 1. The first kappa shape index (κ1) is 22.6. The van der Waals surface area contributed by atoms with Crippen LogP contribution in [-0.4, -0.2) is 35.6 Å². The van der Waals surface area contributed by atoms with Crippen LogP contribution in [0.2, 0.25) is 0 Å². The zero-order chi connectivity index (χ0) is 23.3. The molecule has 0 bridgehead atoms. The number of carbonyl (C=O) groups excluding carboxylic acids is 2. The van der Waals surface area contributed by atoms with Crippen LogP contribution in [-0.2, 0) is 9.53 Å². The normalized spacial score (nSPS) is 10.9. The molecule has 1 aromatic heterocycles. The van der Waals surface area contributed by atoms with Crippen LogP contribution in [0.5, 0.6) is 17.2 Å². The van der Waals surface area contributed by atoms with Crippen LogP contribution in [0.3, 0.4) is 0 Å². The fourth-order valence-electron chi connectivity index (χ4n) is 3.16. The third-order valence-corrected chi connectivity index (χ3v) is 5.02. The van der Waals surface area contributed by atoms with E-state index in [1.165, 1.54) is 7.11 Å². The minimum absolute atomic E-state index is 0.0173. The molecule has 1 amide bonds. The number of nitrogens with one attached hydrogen (secondary N) is 1. The fraction of sp³-hybridized carbons (Fsp3) is 0.250. The number of para-hydroxylation sites is 1. The number of carbonyl (C=O) groups is 2. The number of rotatable bonds is 7. The van der Waals surface area contributed by atoms with Crippen molar-refractivity contribution >= 4 is 22.6 Å². The van der Waals surface area contributed by atoms with Gasteiger partial charge in [-0.25, -0.2) is 4.98 Å². The lowest BCUT2D eigenvalue weighted by Crippen LogP contribution is -2.33. The number of pyridine rings is 1. The molecule has 0 aliphatic rings. The minimum Gasteiger partial charge on any atom is -0.505 e. The Kier molecular flexibility index (Phi) is 6.59. The third kappa shape index (κ3) is 4.78. The molecule has 3 rings (SSSR count). The Hall–Kier alpha value is -4.12. The van der Waals surface area contributed by atoms with E-state index in [0.717, 1.165) is 0 Å². The van der Waals surface area contributed by atoms with E-state index in [1.54, 1.807) is 44.2 Å². The van der Waals surface area contributed by atoms with Gasteiger partial charge >= 0.3 is 5.97 Å². The summed E-state index contributed by atoms with van der Waals surface area (Å²) in [7, 11) is 1.30. The first-order chi connectivity index (χ1) is 15.3. The Labute approximate surface area is 185 Å². The molecule has 0 atom stereocenters. The summed E-state index contributed by atoms with van der Waals surface area (Å²) in [4.78, 5) is 28.5. The van der Waals surface area contributed by atoms with Gasteiger partial charge in [-0.05, 0) is 50.6 Å². The van der Waals surface area contributed by atoms with Gasteiger partial charge in [-0.1, -0.05) is 18.2 Å². The van der Waals surface area contributed by atoms with E-state index in [-0.39, 0.29) is 23.7 Å². The molecule has 0 aliphatic heterocycles. The fourth-order valence-corrected chi connectivity index (χ4v) is 3.16. The van der Waals surface area contributed by atoms with E-state index < -0.39 is 17.3 Å². The molecule has 0 saturated heterocycles. The van der Waals surface area contributed by atoms with Gasteiger partial charge < -0.3 is 19.9 Å². The summed E-state index contributed by atoms with van der Waals surface area (Å²) in [5.74, 6) is -0.294. The Balaban J connectivity index is 1.85. The van der Waals surface area contributed by atoms with E-state index in [0.29, 0.717) is 28.7 Å². The van der Waals surface area contributed by atoms with Gasteiger partial charge in [-0.3, -0.25) is 9.59 Å². The van der Waals surface area contributed by atoms with Gasteiger partial charge in [0.05, 0.1) is 12.5 Å². The highest BCUT2D eigenvalue weighted by Crippen LogP contribution is 2.33. The lowest BCUT2D eigenvalue weighted by Gasteiger charge is -2.21. The average molecular weight is 433 g/mol. The second kappa shape index (κ2) is 9.35. The summed E-state index contributed by atoms with van der Waals surface area (Å²) < 4.78 is 10.5. The number of hydrogen-bond donors (Lipinski definition) is 2. The number of nitrogens with zero attached hydrogens (tertiary/aromatic N) is 2. The second-order valence-corrected chi connectivity index (χ2v) is 7.77. The van der Waals surface area contributed by atoms with Gasteiger partial charge in [-0.2, -0.15) is 5.26 Å². The Bertz CT molecular complexity index is 1200. The predicted octanol–water partition coefficient (Wildman–Crippen LogP) is 3.92. The standard InChI is InChI=1S/C24H23N3O5/c1-24(2,23(30)31-3)11-12-26-22(29)20-21(28)17-10-9-16(13-18(17)19(14-25)27-20)32-15-7-5-4-6-8-15/h4-10,13,28H,11-12H2,1-3H3,(H,26,29). The number of aromatic nitrogens is 1. The number of benzene rings is 2. The van der Waals surface area contributed by atoms with Crippen molar-refractivity contribution in [1.29, 1.82) is 5.26 Å². The van der Waals surface area contributed by atoms with Gasteiger partial charge in [0.1, 0.15) is 23.3 Å². The van der Waals surface area contributed by atoms with E-state index in [9.17, 15) is 20.0 Å². The lowest BCUT2D eigenvalue weighted by molar-refractivity contribution is -0.151. The van der Waals surface area contributed by atoms with E-state index in [4.69, 9.17) is 9.47 Å². The minimum atomic E-state index is -0.784. The molecule has 164 valence electrons. The molecule has 2 N–H and O–H groups in total. The SMILES string of the molecule is COC(=O)C(C)(C)CCNC(=O)c1nc(C#N)c2cc(Oc3ccccc3)ccc2c1O. The number of amides is 1. The molecule has 1 heterocycles. The molecule has 3 aromatic rings. The molecule has 0 unspecified atom stereocenters. The van der Waals surface area contributed by atoms with Crippen molar-refractivity contribution < 1.29 is 24.2 Å². The zero-order valence-corrected chi connectivity index (χ0v) is 18.0. The van der Waals surface area contributed by atoms with Gasteiger partial charge in [0.2, 0.25) is 0 Å². The van der Waals surface area contributed by atoms with Crippen LogP contribution in [0, 0.1) is 16.7 Å². The van der Waals surface area contributed by atoms with Crippen molar-refractivity contribution in [2.45, 2.75) is 20.3 Å². The monoisotopic (exact) mass is 433 g/mol. The maximum absolute atomic E-state index is 12.6. The first-order valence-corrected chi connectivity index (χ1v) is 9.93. The van der Waals surface area contributed by atoms with Crippen molar-refractivity contribution in [3.8, 4) is 23.3 Å². The average Bonchev–Trinajstić information content (AvgIpc) is 2.79. The van der Waals surface area contributed by atoms with Gasteiger partial charge in [-0.15, -0.1) is 0 Å². The molecule has 2 aromatic carbocycles. The highest BCUT2D eigenvalue weighted by atomic mass is 16.5. The van der Waals surface area contributed by atoms with Crippen LogP contribution < -0.4 is 10.1 Å². The molecule has 0 saturated carbocycles. The van der Waals surface area contributed by atoms with Crippen LogP contribution in [0.15, 0.2) is 48.5 Å².